The summed E-state index contributed by atoms with van der Waals surface area (Å²) in [4.78, 5) is 25.4. The van der Waals surface area contributed by atoms with E-state index in [1.165, 1.54) is 0 Å². The summed E-state index contributed by atoms with van der Waals surface area (Å²) in [5.74, 6) is -5.17. The van der Waals surface area contributed by atoms with Crippen molar-refractivity contribution in [3.63, 3.8) is 0 Å². The molecule has 1 fully saturated rings. The monoisotopic (exact) mass is 386 g/mol. The molecule has 5 nitrogen and oxygen atoms in total. The lowest BCUT2D eigenvalue weighted by Gasteiger charge is -2.22. The number of carboxylic acids is 1. The van der Waals surface area contributed by atoms with E-state index in [-0.39, 0.29) is 19.5 Å². The Labute approximate surface area is 156 Å². The number of hydrogen-bond acceptors (Lipinski definition) is 3. The first-order chi connectivity index (χ1) is 12.7. The molecule has 0 bridgehead atoms. The summed E-state index contributed by atoms with van der Waals surface area (Å²) in [5, 5.41) is 11.5. The van der Waals surface area contributed by atoms with Crippen molar-refractivity contribution in [1.29, 1.82) is 0 Å². The Morgan fingerprint density at radius 3 is 2.48 bits per heavy atom. The normalized spacial score (nSPS) is 21.8. The molecule has 0 aliphatic carbocycles. The van der Waals surface area contributed by atoms with Crippen molar-refractivity contribution in [3.05, 3.63) is 35.9 Å². The van der Waals surface area contributed by atoms with Crippen LogP contribution in [0.2, 0.25) is 0 Å². The van der Waals surface area contributed by atoms with Gasteiger partial charge in [-0.1, -0.05) is 50.1 Å². The van der Waals surface area contributed by atoms with E-state index in [0.717, 1.165) is 12.0 Å². The topological polar surface area (TPSA) is 69.6 Å². The van der Waals surface area contributed by atoms with Crippen LogP contribution in [0.1, 0.15) is 31.7 Å². The largest absolute Gasteiger partial charge is 0.480 e. The second kappa shape index (κ2) is 9.21. The maximum Gasteiger partial charge on any atom is 0.393 e. The Bertz CT molecular complexity index is 637. The van der Waals surface area contributed by atoms with Gasteiger partial charge >= 0.3 is 12.1 Å². The third kappa shape index (κ3) is 5.95. The molecule has 0 saturated carbocycles. The molecular formula is C19H25F3N2O3. The molecule has 0 aromatic heterocycles. The molecule has 1 saturated heterocycles. The summed E-state index contributed by atoms with van der Waals surface area (Å²) in [6.45, 7) is 1.86. The number of unbranched alkanes of at least 4 members (excludes halogenated alkanes) is 1. The van der Waals surface area contributed by atoms with Crippen molar-refractivity contribution >= 4 is 11.9 Å². The molecule has 8 heteroatoms. The van der Waals surface area contributed by atoms with E-state index >= 15 is 0 Å². The third-order valence-corrected chi connectivity index (χ3v) is 4.86. The maximum absolute atomic E-state index is 13.5. The summed E-state index contributed by atoms with van der Waals surface area (Å²) in [6, 6.07) is 7.92. The molecule has 1 aromatic carbocycles. The minimum atomic E-state index is -4.52. The predicted octanol–water partition coefficient (Wildman–Crippen LogP) is 3.06. The van der Waals surface area contributed by atoms with Gasteiger partial charge in [0.1, 0.15) is 6.04 Å². The summed E-state index contributed by atoms with van der Waals surface area (Å²) in [6.07, 6.45) is -3.01. The number of carbonyl (C=O) groups is 2. The summed E-state index contributed by atoms with van der Waals surface area (Å²) >= 11 is 0. The van der Waals surface area contributed by atoms with Crippen molar-refractivity contribution < 1.29 is 27.9 Å². The van der Waals surface area contributed by atoms with Gasteiger partial charge in [-0.15, -0.1) is 0 Å². The maximum atomic E-state index is 13.5. The average molecular weight is 386 g/mol. The number of alkyl halides is 3. The average Bonchev–Trinajstić information content (AvgIpc) is 3.03. The molecule has 1 amide bonds. The number of likely N-dealkylation sites (tertiary alicyclic amines) is 1. The van der Waals surface area contributed by atoms with Crippen LogP contribution in [-0.4, -0.2) is 47.2 Å². The van der Waals surface area contributed by atoms with Crippen molar-refractivity contribution in [2.24, 2.45) is 11.8 Å². The zero-order valence-electron chi connectivity index (χ0n) is 15.2. The van der Waals surface area contributed by atoms with E-state index in [0.29, 0.717) is 13.0 Å². The lowest BCUT2D eigenvalue weighted by Crippen LogP contribution is -2.47. The first-order valence-corrected chi connectivity index (χ1v) is 9.08. The van der Waals surface area contributed by atoms with Gasteiger partial charge < -0.3 is 10.4 Å². The fraction of sp³-hybridized carbons (Fsp3) is 0.579. The number of nitrogens with zero attached hydrogens (tertiary/aromatic N) is 1. The lowest BCUT2D eigenvalue weighted by atomic mass is 9.94. The van der Waals surface area contributed by atoms with E-state index in [4.69, 9.17) is 0 Å². The van der Waals surface area contributed by atoms with Gasteiger partial charge in [0.2, 0.25) is 5.91 Å². The molecule has 0 unspecified atom stereocenters. The zero-order valence-corrected chi connectivity index (χ0v) is 15.2. The molecule has 3 atom stereocenters. The molecular weight excluding hydrogens is 361 g/mol. The Kier molecular flexibility index (Phi) is 7.24. The van der Waals surface area contributed by atoms with Crippen LogP contribution in [0.25, 0.3) is 0 Å². The number of aliphatic carboxylic acids is 1. The highest BCUT2D eigenvalue weighted by molar-refractivity contribution is 5.85. The predicted molar refractivity (Wildman–Crippen MR) is 93.8 cm³/mol. The first kappa shape index (κ1) is 21.2. The van der Waals surface area contributed by atoms with Gasteiger partial charge in [-0.25, -0.2) is 4.79 Å². The minimum Gasteiger partial charge on any atom is -0.480 e. The van der Waals surface area contributed by atoms with Crippen LogP contribution in [0.3, 0.4) is 0 Å². The second-order valence-electron chi connectivity index (χ2n) is 6.98. The van der Waals surface area contributed by atoms with Crippen LogP contribution >= 0.6 is 0 Å². The number of rotatable bonds is 8. The number of hydrogen-bond donors (Lipinski definition) is 2. The van der Waals surface area contributed by atoms with E-state index in [2.05, 4.69) is 5.32 Å². The quantitative estimate of drug-likeness (QED) is 0.721. The van der Waals surface area contributed by atoms with Crippen molar-refractivity contribution in [1.82, 2.24) is 10.2 Å². The molecule has 1 aliphatic heterocycles. The number of carbonyl (C=O) groups excluding carboxylic acids is 1. The van der Waals surface area contributed by atoms with Crippen LogP contribution in [-0.2, 0) is 16.1 Å². The van der Waals surface area contributed by atoms with Gasteiger partial charge in [0.05, 0.1) is 11.8 Å². The molecule has 0 spiro atoms. The molecule has 0 radical (unpaired) electrons. The van der Waals surface area contributed by atoms with Gasteiger partial charge in [0, 0.05) is 19.6 Å². The zero-order chi connectivity index (χ0) is 20.0. The second-order valence-corrected chi connectivity index (χ2v) is 6.98. The van der Waals surface area contributed by atoms with Crippen molar-refractivity contribution in [2.45, 2.75) is 44.9 Å². The Morgan fingerprint density at radius 1 is 1.26 bits per heavy atom. The summed E-state index contributed by atoms with van der Waals surface area (Å²) in [7, 11) is 0. The first-order valence-electron chi connectivity index (χ1n) is 9.08. The van der Waals surface area contributed by atoms with Crippen LogP contribution in [0.4, 0.5) is 13.2 Å². The smallest absolute Gasteiger partial charge is 0.393 e. The minimum absolute atomic E-state index is 0.0506. The Morgan fingerprint density at radius 2 is 1.93 bits per heavy atom. The van der Waals surface area contributed by atoms with Crippen molar-refractivity contribution in [2.75, 3.05) is 13.1 Å². The molecule has 150 valence electrons. The number of nitrogens with one attached hydrogen (secondary N) is 1. The number of benzene rings is 1. The van der Waals surface area contributed by atoms with Gasteiger partial charge in [-0.2, -0.15) is 13.2 Å². The molecule has 2 rings (SSSR count). The number of halogens is 3. The highest BCUT2D eigenvalue weighted by Crippen LogP contribution is 2.38. The van der Waals surface area contributed by atoms with Gasteiger partial charge in [0.25, 0.3) is 0 Å². The van der Waals surface area contributed by atoms with Gasteiger partial charge in [-0.05, 0) is 12.0 Å². The van der Waals surface area contributed by atoms with Crippen LogP contribution in [0.5, 0.6) is 0 Å². The highest BCUT2D eigenvalue weighted by atomic mass is 19.4. The Balaban J connectivity index is 2.09. The molecule has 27 heavy (non-hydrogen) atoms. The highest BCUT2D eigenvalue weighted by Gasteiger charge is 2.52. The standard InChI is InChI=1S/C19H25F3N2O3/c1-2-3-9-16(18(26)27)23-17(25)14-11-24(12-15(14)19(20,21)22)10-13-7-5-4-6-8-13/h4-8,14-16H,2-3,9-12H2,1H3,(H,23,25)(H,26,27)/t14-,15-,16+/m1/s1. The third-order valence-electron chi connectivity index (χ3n) is 4.86. The van der Waals surface area contributed by atoms with Gasteiger partial charge in [0.15, 0.2) is 0 Å². The number of carboxylic acid groups (broad SMARTS) is 1. The van der Waals surface area contributed by atoms with Crippen molar-refractivity contribution in [3.8, 4) is 0 Å². The van der Waals surface area contributed by atoms with Gasteiger partial charge in [-0.3, -0.25) is 9.69 Å². The number of amides is 1. The van der Waals surface area contributed by atoms with Crippen LogP contribution < -0.4 is 5.32 Å². The lowest BCUT2D eigenvalue weighted by molar-refractivity contribution is -0.183. The van der Waals surface area contributed by atoms with E-state index < -0.39 is 35.9 Å². The fourth-order valence-corrected chi connectivity index (χ4v) is 3.40. The molecule has 2 N–H and O–H groups in total. The van der Waals surface area contributed by atoms with E-state index in [1.807, 2.05) is 37.3 Å². The SMILES string of the molecule is CCCC[C@H](NC(=O)[C@@H]1CN(Cc2ccccc2)C[C@H]1C(F)(F)F)C(=O)O. The summed E-state index contributed by atoms with van der Waals surface area (Å²) in [5.41, 5.74) is 0.867. The molecule has 1 heterocycles. The Hall–Kier alpha value is -2.09. The molecule has 1 aromatic rings. The van der Waals surface area contributed by atoms with E-state index in [1.54, 1.807) is 4.90 Å². The summed E-state index contributed by atoms with van der Waals surface area (Å²) < 4.78 is 40.4. The van der Waals surface area contributed by atoms with Crippen LogP contribution in [0, 0.1) is 11.8 Å². The fourth-order valence-electron chi connectivity index (χ4n) is 3.40. The van der Waals surface area contributed by atoms with E-state index in [9.17, 15) is 27.9 Å². The molecule has 1 aliphatic rings. The van der Waals surface area contributed by atoms with Crippen LogP contribution in [0.15, 0.2) is 30.3 Å².